The van der Waals surface area contributed by atoms with Gasteiger partial charge in [-0.25, -0.2) is 13.1 Å². The molecular weight excluding hydrogens is 360 g/mol. The van der Waals surface area contributed by atoms with E-state index in [4.69, 9.17) is 0 Å². The fourth-order valence-electron chi connectivity index (χ4n) is 3.41. The number of sulfonamides is 1. The van der Waals surface area contributed by atoms with Crippen molar-refractivity contribution in [2.24, 2.45) is 0 Å². The summed E-state index contributed by atoms with van der Waals surface area (Å²) in [5.41, 5.74) is 2.94. The lowest BCUT2D eigenvalue weighted by Gasteiger charge is -2.17. The van der Waals surface area contributed by atoms with Crippen molar-refractivity contribution < 1.29 is 13.2 Å². The highest BCUT2D eigenvalue weighted by molar-refractivity contribution is 7.89. The van der Waals surface area contributed by atoms with Gasteiger partial charge in [0.05, 0.1) is 4.90 Å². The van der Waals surface area contributed by atoms with Crippen LogP contribution in [0.2, 0.25) is 0 Å². The summed E-state index contributed by atoms with van der Waals surface area (Å²) in [6.45, 7) is 4.34. The summed E-state index contributed by atoms with van der Waals surface area (Å²) in [4.78, 5) is 14.0. The average molecular weight is 387 g/mol. The van der Waals surface area contributed by atoms with Gasteiger partial charge in [0, 0.05) is 24.7 Å². The molecule has 1 heterocycles. The van der Waals surface area contributed by atoms with E-state index >= 15 is 0 Å². The van der Waals surface area contributed by atoms with E-state index in [1.165, 1.54) is 5.56 Å². The minimum atomic E-state index is -3.58. The van der Waals surface area contributed by atoms with Crippen molar-refractivity contribution in [3.05, 3.63) is 59.7 Å². The fraction of sp³-hybridized carbons (Fsp3) is 0.381. The summed E-state index contributed by atoms with van der Waals surface area (Å²) in [6, 6.07) is 14.9. The van der Waals surface area contributed by atoms with Gasteiger partial charge >= 0.3 is 0 Å². The number of amides is 1. The standard InChI is InChI=1S/C21H26N2O3S/c1-3-21(24)23-14-13-18-15-19(11-12-20(18)23)27(25,26)22-16(2)9-10-17-7-5-4-6-8-17/h4-8,11-12,15-16,22H,3,9-10,13-14H2,1-2H3. The SMILES string of the molecule is CCC(=O)N1CCc2cc(S(=O)(=O)NC(C)CCc3ccccc3)ccc21. The van der Waals surface area contributed by atoms with Gasteiger partial charge in [-0.2, -0.15) is 0 Å². The first kappa shape index (κ1) is 19.6. The Balaban J connectivity index is 1.67. The third kappa shape index (κ3) is 4.57. The Bertz CT molecular complexity index is 910. The van der Waals surface area contributed by atoms with Crippen LogP contribution in [0.1, 0.15) is 37.8 Å². The molecule has 1 aliphatic heterocycles. The molecule has 0 spiro atoms. The molecule has 0 aliphatic carbocycles. The molecule has 0 saturated carbocycles. The molecular formula is C21H26N2O3S. The maximum atomic E-state index is 12.7. The van der Waals surface area contributed by atoms with Gasteiger partial charge in [-0.15, -0.1) is 0 Å². The van der Waals surface area contributed by atoms with E-state index in [2.05, 4.69) is 4.72 Å². The highest BCUT2D eigenvalue weighted by atomic mass is 32.2. The van der Waals surface area contributed by atoms with E-state index in [0.717, 1.165) is 24.1 Å². The predicted octanol–water partition coefficient (Wildman–Crippen LogP) is 3.29. The van der Waals surface area contributed by atoms with Crippen molar-refractivity contribution in [3.8, 4) is 0 Å². The molecule has 2 aromatic rings. The Labute approximate surface area is 161 Å². The molecule has 0 saturated heterocycles. The number of hydrogen-bond acceptors (Lipinski definition) is 3. The van der Waals surface area contributed by atoms with Crippen molar-refractivity contribution >= 4 is 21.6 Å². The zero-order valence-electron chi connectivity index (χ0n) is 15.8. The zero-order valence-corrected chi connectivity index (χ0v) is 16.6. The summed E-state index contributed by atoms with van der Waals surface area (Å²) < 4.78 is 28.2. The Kier molecular flexibility index (Phi) is 5.97. The monoisotopic (exact) mass is 386 g/mol. The van der Waals surface area contributed by atoms with Gasteiger partial charge < -0.3 is 4.90 Å². The molecule has 144 valence electrons. The molecule has 1 atom stereocenters. The minimum absolute atomic E-state index is 0.0667. The number of benzene rings is 2. The minimum Gasteiger partial charge on any atom is -0.312 e. The summed E-state index contributed by atoms with van der Waals surface area (Å²) in [7, 11) is -3.58. The second kappa shape index (κ2) is 8.23. The first-order chi connectivity index (χ1) is 12.9. The molecule has 1 unspecified atom stereocenters. The van der Waals surface area contributed by atoms with Crippen LogP contribution in [0.5, 0.6) is 0 Å². The van der Waals surface area contributed by atoms with Crippen LogP contribution in [0.3, 0.4) is 0 Å². The molecule has 0 bridgehead atoms. The molecule has 27 heavy (non-hydrogen) atoms. The number of aryl methyl sites for hydroxylation is 1. The molecule has 1 amide bonds. The van der Waals surface area contributed by atoms with Gasteiger partial charge in [-0.3, -0.25) is 4.79 Å². The summed E-state index contributed by atoms with van der Waals surface area (Å²) in [5.74, 6) is 0.0667. The summed E-state index contributed by atoms with van der Waals surface area (Å²) in [6.07, 6.45) is 2.68. The molecule has 3 rings (SSSR count). The van der Waals surface area contributed by atoms with Crippen molar-refractivity contribution in [2.45, 2.75) is 50.5 Å². The first-order valence-electron chi connectivity index (χ1n) is 9.40. The van der Waals surface area contributed by atoms with E-state index in [9.17, 15) is 13.2 Å². The van der Waals surface area contributed by atoms with Crippen LogP contribution in [0.4, 0.5) is 5.69 Å². The van der Waals surface area contributed by atoms with Crippen molar-refractivity contribution in [2.75, 3.05) is 11.4 Å². The molecule has 2 aromatic carbocycles. The largest absolute Gasteiger partial charge is 0.312 e. The van der Waals surface area contributed by atoms with Gasteiger partial charge in [0.25, 0.3) is 0 Å². The van der Waals surface area contributed by atoms with E-state index in [0.29, 0.717) is 19.4 Å². The van der Waals surface area contributed by atoms with Crippen LogP contribution in [-0.4, -0.2) is 26.9 Å². The second-order valence-electron chi connectivity index (χ2n) is 6.99. The topological polar surface area (TPSA) is 66.5 Å². The molecule has 1 aliphatic rings. The number of fused-ring (bicyclic) bond motifs is 1. The van der Waals surface area contributed by atoms with Crippen LogP contribution >= 0.6 is 0 Å². The van der Waals surface area contributed by atoms with Gasteiger partial charge in [-0.1, -0.05) is 37.3 Å². The second-order valence-corrected chi connectivity index (χ2v) is 8.70. The molecule has 6 heteroatoms. The molecule has 1 N–H and O–H groups in total. The van der Waals surface area contributed by atoms with Crippen LogP contribution < -0.4 is 9.62 Å². The Morgan fingerprint density at radius 2 is 1.93 bits per heavy atom. The van der Waals surface area contributed by atoms with E-state index in [1.807, 2.05) is 44.2 Å². The highest BCUT2D eigenvalue weighted by Gasteiger charge is 2.26. The highest BCUT2D eigenvalue weighted by Crippen LogP contribution is 2.30. The third-order valence-corrected chi connectivity index (χ3v) is 6.51. The number of hydrogen-bond donors (Lipinski definition) is 1. The first-order valence-corrected chi connectivity index (χ1v) is 10.9. The third-order valence-electron chi connectivity index (χ3n) is 4.93. The normalized spacial score (nSPS) is 14.8. The number of anilines is 1. The number of rotatable bonds is 7. The van der Waals surface area contributed by atoms with Crippen molar-refractivity contribution in [1.82, 2.24) is 4.72 Å². The fourth-order valence-corrected chi connectivity index (χ4v) is 4.74. The summed E-state index contributed by atoms with van der Waals surface area (Å²) >= 11 is 0. The van der Waals surface area contributed by atoms with Crippen LogP contribution in [0.15, 0.2) is 53.4 Å². The molecule has 5 nitrogen and oxygen atoms in total. The maximum Gasteiger partial charge on any atom is 0.240 e. The Hall–Kier alpha value is -2.18. The molecule has 0 aromatic heterocycles. The van der Waals surface area contributed by atoms with E-state index < -0.39 is 10.0 Å². The average Bonchev–Trinajstić information content (AvgIpc) is 3.09. The zero-order chi connectivity index (χ0) is 19.4. The lowest BCUT2D eigenvalue weighted by molar-refractivity contribution is -0.118. The van der Waals surface area contributed by atoms with Gasteiger partial charge in [0.2, 0.25) is 15.9 Å². The van der Waals surface area contributed by atoms with Crippen molar-refractivity contribution in [3.63, 3.8) is 0 Å². The van der Waals surface area contributed by atoms with Gasteiger partial charge in [0.1, 0.15) is 0 Å². The Morgan fingerprint density at radius 3 is 2.63 bits per heavy atom. The Morgan fingerprint density at radius 1 is 1.19 bits per heavy atom. The van der Waals surface area contributed by atoms with E-state index in [1.54, 1.807) is 23.1 Å². The lowest BCUT2D eigenvalue weighted by Crippen LogP contribution is -2.33. The quantitative estimate of drug-likeness (QED) is 0.794. The number of carbonyl (C=O) groups excluding carboxylic acids is 1. The molecule has 0 fully saturated rings. The van der Waals surface area contributed by atoms with Crippen molar-refractivity contribution in [1.29, 1.82) is 0 Å². The van der Waals surface area contributed by atoms with E-state index in [-0.39, 0.29) is 16.8 Å². The van der Waals surface area contributed by atoms with Gasteiger partial charge in [-0.05, 0) is 55.5 Å². The summed E-state index contributed by atoms with van der Waals surface area (Å²) in [5, 5.41) is 0. The van der Waals surface area contributed by atoms with Crippen LogP contribution in [-0.2, 0) is 27.7 Å². The number of carbonyl (C=O) groups is 1. The van der Waals surface area contributed by atoms with Crippen LogP contribution in [0, 0.1) is 0 Å². The van der Waals surface area contributed by atoms with Gasteiger partial charge in [0.15, 0.2) is 0 Å². The molecule has 0 radical (unpaired) electrons. The predicted molar refractivity (Wildman–Crippen MR) is 107 cm³/mol. The maximum absolute atomic E-state index is 12.7. The number of nitrogens with zero attached hydrogens (tertiary/aromatic N) is 1. The van der Waals surface area contributed by atoms with Crippen LogP contribution in [0.25, 0.3) is 0 Å². The number of nitrogens with one attached hydrogen (secondary N) is 1. The smallest absolute Gasteiger partial charge is 0.240 e. The lowest BCUT2D eigenvalue weighted by atomic mass is 10.1.